The molecule has 62 valence electrons. The van der Waals surface area contributed by atoms with Crippen molar-refractivity contribution < 1.29 is 4.79 Å². The van der Waals surface area contributed by atoms with E-state index < -0.39 is 0 Å². The van der Waals surface area contributed by atoms with Crippen LogP contribution < -0.4 is 5.32 Å². The molecule has 2 nitrogen and oxygen atoms in total. The highest BCUT2D eigenvalue weighted by Gasteiger charge is 1.94. The van der Waals surface area contributed by atoms with Gasteiger partial charge in [-0.3, -0.25) is 4.79 Å². The van der Waals surface area contributed by atoms with Crippen LogP contribution in [0.15, 0.2) is 29.2 Å². The van der Waals surface area contributed by atoms with Crippen LogP contribution in [0.5, 0.6) is 0 Å². The SMILES string of the molecule is BSc1ccc(NC(C)=O)cc1. The average molecular weight is 179 g/mol. The van der Waals surface area contributed by atoms with Crippen LogP contribution in [0.3, 0.4) is 0 Å². The largest absolute Gasteiger partial charge is 0.326 e. The van der Waals surface area contributed by atoms with Gasteiger partial charge >= 0.3 is 0 Å². The van der Waals surface area contributed by atoms with E-state index in [2.05, 4.69) is 5.32 Å². The molecule has 12 heavy (non-hydrogen) atoms. The maximum Gasteiger partial charge on any atom is 0.221 e. The first kappa shape index (κ1) is 9.19. The zero-order valence-corrected chi connectivity index (χ0v) is 7.94. The maximum atomic E-state index is 10.7. The molecule has 1 amide bonds. The van der Waals surface area contributed by atoms with Crippen molar-refractivity contribution in [2.45, 2.75) is 11.8 Å². The molecule has 0 saturated carbocycles. The smallest absolute Gasteiger partial charge is 0.221 e. The number of amides is 1. The van der Waals surface area contributed by atoms with Crippen molar-refractivity contribution in [2.75, 3.05) is 5.32 Å². The highest BCUT2D eigenvalue weighted by atomic mass is 32.2. The zero-order chi connectivity index (χ0) is 8.97. The summed E-state index contributed by atoms with van der Waals surface area (Å²) < 4.78 is 0. The zero-order valence-electron chi connectivity index (χ0n) is 7.13. The van der Waals surface area contributed by atoms with Gasteiger partial charge in [-0.2, -0.15) is 11.6 Å². The molecule has 0 spiro atoms. The topological polar surface area (TPSA) is 29.1 Å². The number of nitrogens with one attached hydrogen (secondary N) is 1. The third kappa shape index (κ3) is 2.62. The van der Waals surface area contributed by atoms with Gasteiger partial charge in [-0.1, -0.05) is 0 Å². The minimum Gasteiger partial charge on any atom is -0.326 e. The van der Waals surface area contributed by atoms with Crippen LogP contribution in [-0.2, 0) is 4.79 Å². The van der Waals surface area contributed by atoms with Crippen molar-refractivity contribution in [3.05, 3.63) is 24.3 Å². The first-order valence-corrected chi connectivity index (χ1v) is 4.86. The van der Waals surface area contributed by atoms with Gasteiger partial charge in [0.1, 0.15) is 0 Å². The third-order valence-electron chi connectivity index (χ3n) is 1.41. The van der Waals surface area contributed by atoms with E-state index in [1.165, 1.54) is 11.8 Å². The van der Waals surface area contributed by atoms with Crippen LogP contribution in [0.25, 0.3) is 0 Å². The molecular formula is C8H10BNOS. The highest BCUT2D eigenvalue weighted by molar-refractivity contribution is 8.19. The Kier molecular flexibility index (Phi) is 3.23. The fourth-order valence-corrected chi connectivity index (χ4v) is 1.29. The van der Waals surface area contributed by atoms with E-state index >= 15 is 0 Å². The monoisotopic (exact) mass is 179 g/mol. The molecule has 0 unspecified atom stereocenters. The first-order valence-electron chi connectivity index (χ1n) is 3.64. The molecule has 0 bridgehead atoms. The number of benzene rings is 1. The summed E-state index contributed by atoms with van der Waals surface area (Å²) in [5, 5.41) is 2.71. The molecule has 0 aliphatic rings. The third-order valence-corrected chi connectivity index (χ3v) is 2.15. The molecule has 1 aromatic carbocycles. The van der Waals surface area contributed by atoms with Crippen LogP contribution >= 0.6 is 11.6 Å². The minimum absolute atomic E-state index is 0.0353. The predicted molar refractivity (Wildman–Crippen MR) is 55.1 cm³/mol. The van der Waals surface area contributed by atoms with E-state index in [-0.39, 0.29) is 5.91 Å². The van der Waals surface area contributed by atoms with Crippen LogP contribution in [-0.4, -0.2) is 13.0 Å². The fourth-order valence-electron chi connectivity index (χ4n) is 0.878. The Labute approximate surface area is 77.0 Å². The van der Waals surface area contributed by atoms with Gasteiger partial charge in [0.15, 0.2) is 7.12 Å². The Balaban J connectivity index is 2.71. The quantitative estimate of drug-likeness (QED) is 0.693. The first-order chi connectivity index (χ1) is 5.72. The van der Waals surface area contributed by atoms with Gasteiger partial charge in [-0.15, -0.1) is 0 Å². The summed E-state index contributed by atoms with van der Waals surface area (Å²) >= 11 is 1.68. The van der Waals surface area contributed by atoms with Crippen molar-refractivity contribution >= 4 is 30.3 Å². The number of hydrogen-bond donors (Lipinski definition) is 1. The molecule has 0 aliphatic heterocycles. The van der Waals surface area contributed by atoms with Crippen LogP contribution in [0.2, 0.25) is 0 Å². The molecule has 0 saturated heterocycles. The maximum absolute atomic E-state index is 10.7. The Hall–Kier alpha value is -0.895. The lowest BCUT2D eigenvalue weighted by atomic mass is 10.3. The molecule has 4 heteroatoms. The Morgan fingerprint density at radius 1 is 1.42 bits per heavy atom. The lowest BCUT2D eigenvalue weighted by Crippen LogP contribution is -2.05. The van der Waals surface area contributed by atoms with Gasteiger partial charge in [-0.05, 0) is 29.2 Å². The van der Waals surface area contributed by atoms with E-state index in [1.54, 1.807) is 11.6 Å². The number of rotatable bonds is 2. The van der Waals surface area contributed by atoms with E-state index in [4.69, 9.17) is 0 Å². The van der Waals surface area contributed by atoms with E-state index in [1.807, 2.05) is 31.4 Å². The summed E-state index contributed by atoms with van der Waals surface area (Å²) in [4.78, 5) is 11.8. The second kappa shape index (κ2) is 4.21. The van der Waals surface area contributed by atoms with Crippen LogP contribution in [0, 0.1) is 0 Å². The highest BCUT2D eigenvalue weighted by Crippen LogP contribution is 2.16. The fraction of sp³-hybridized carbons (Fsp3) is 0.125. The molecule has 0 aromatic heterocycles. The van der Waals surface area contributed by atoms with Gasteiger partial charge in [-0.25, -0.2) is 0 Å². The van der Waals surface area contributed by atoms with Crippen LogP contribution in [0.4, 0.5) is 5.69 Å². The molecule has 0 aliphatic carbocycles. The molecule has 1 rings (SSSR count). The van der Waals surface area contributed by atoms with Gasteiger partial charge in [0, 0.05) is 12.6 Å². The number of hydrogen-bond acceptors (Lipinski definition) is 2. The van der Waals surface area contributed by atoms with E-state index in [0.717, 1.165) is 5.69 Å². The van der Waals surface area contributed by atoms with Gasteiger partial charge in [0.25, 0.3) is 0 Å². The number of anilines is 1. The van der Waals surface area contributed by atoms with Crippen LogP contribution in [0.1, 0.15) is 6.92 Å². The van der Waals surface area contributed by atoms with Crippen molar-refractivity contribution in [3.8, 4) is 0 Å². The van der Waals surface area contributed by atoms with Gasteiger partial charge in [0.2, 0.25) is 5.91 Å². The summed E-state index contributed by atoms with van der Waals surface area (Å²) in [7, 11) is 2.02. The van der Waals surface area contributed by atoms with Crippen molar-refractivity contribution in [3.63, 3.8) is 0 Å². The van der Waals surface area contributed by atoms with Crippen molar-refractivity contribution in [1.82, 2.24) is 0 Å². The van der Waals surface area contributed by atoms with Gasteiger partial charge < -0.3 is 5.32 Å². The Morgan fingerprint density at radius 2 is 2.00 bits per heavy atom. The summed E-state index contributed by atoms with van der Waals surface area (Å²) in [6.45, 7) is 1.50. The number of carbonyl (C=O) groups excluding carboxylic acids is 1. The number of carbonyl (C=O) groups is 1. The molecule has 0 atom stereocenters. The lowest BCUT2D eigenvalue weighted by molar-refractivity contribution is -0.114. The summed E-state index contributed by atoms with van der Waals surface area (Å²) in [5.41, 5.74) is 0.848. The van der Waals surface area contributed by atoms with E-state index in [9.17, 15) is 4.79 Å². The van der Waals surface area contributed by atoms with Gasteiger partial charge in [0.05, 0.1) is 0 Å². The minimum atomic E-state index is -0.0353. The standard InChI is InChI=1S/C8H10BNOS/c1-6(11)10-7-2-4-8(12-9)5-3-7/h2-5H,9H2,1H3,(H,10,11). The second-order valence-electron chi connectivity index (χ2n) is 2.41. The van der Waals surface area contributed by atoms with Crippen molar-refractivity contribution in [1.29, 1.82) is 0 Å². The second-order valence-corrected chi connectivity index (χ2v) is 3.29. The normalized spacial score (nSPS) is 9.42. The predicted octanol–water partition coefficient (Wildman–Crippen LogP) is 1.29. The molecule has 1 aromatic rings. The molecule has 0 radical (unpaired) electrons. The summed E-state index contributed by atoms with van der Waals surface area (Å²) in [5.74, 6) is -0.0353. The molecular weight excluding hydrogens is 169 g/mol. The summed E-state index contributed by atoms with van der Waals surface area (Å²) in [6, 6.07) is 7.76. The Bertz CT molecular complexity index is 273. The molecule has 0 heterocycles. The van der Waals surface area contributed by atoms with E-state index in [0.29, 0.717) is 0 Å². The molecule has 0 fully saturated rings. The lowest BCUT2D eigenvalue weighted by Gasteiger charge is -2.01. The Morgan fingerprint density at radius 3 is 2.42 bits per heavy atom. The average Bonchev–Trinajstić information content (AvgIpc) is 2.05. The summed E-state index contributed by atoms with van der Waals surface area (Å²) in [6.07, 6.45) is 0. The molecule has 1 N–H and O–H groups in total. The van der Waals surface area contributed by atoms with Crippen molar-refractivity contribution in [2.24, 2.45) is 0 Å².